The van der Waals surface area contributed by atoms with Crippen LogP contribution < -0.4 is 5.32 Å². The molecule has 0 radical (unpaired) electrons. The zero-order valence-corrected chi connectivity index (χ0v) is 8.86. The number of hydrogen-bond acceptors (Lipinski definition) is 4. The highest BCUT2D eigenvalue weighted by molar-refractivity contribution is 4.91. The fourth-order valence-corrected chi connectivity index (χ4v) is 1.15. The van der Waals surface area contributed by atoms with Crippen molar-refractivity contribution < 1.29 is 4.74 Å². The molecule has 0 atom stereocenters. The second-order valence-electron chi connectivity index (χ2n) is 3.14. The Labute approximate surface area is 84.4 Å². The number of nitrogens with zero attached hydrogens (tertiary/aromatic N) is 3. The number of ether oxygens (including phenoxy) is 1. The van der Waals surface area contributed by atoms with Crippen molar-refractivity contribution in [2.75, 3.05) is 20.3 Å². The molecule has 0 aliphatic heterocycles. The average Bonchev–Trinajstić information content (AvgIpc) is 2.61. The Bertz CT molecular complexity index is 249. The fourth-order valence-electron chi connectivity index (χ4n) is 1.15. The van der Waals surface area contributed by atoms with Crippen LogP contribution in [0, 0.1) is 0 Å². The Morgan fingerprint density at radius 3 is 3.14 bits per heavy atom. The van der Waals surface area contributed by atoms with Crippen LogP contribution >= 0.6 is 0 Å². The van der Waals surface area contributed by atoms with Crippen molar-refractivity contribution in [2.24, 2.45) is 0 Å². The van der Waals surface area contributed by atoms with E-state index in [9.17, 15) is 0 Å². The van der Waals surface area contributed by atoms with Gasteiger partial charge < -0.3 is 10.1 Å². The number of aryl methyl sites for hydroxylation is 1. The molecule has 1 aromatic rings. The molecule has 0 fully saturated rings. The summed E-state index contributed by atoms with van der Waals surface area (Å²) in [6, 6.07) is 0. The van der Waals surface area contributed by atoms with Gasteiger partial charge in [-0.05, 0) is 6.42 Å². The number of rotatable bonds is 7. The molecule has 0 aromatic carbocycles. The fraction of sp³-hybridized carbons (Fsp3) is 0.778. The van der Waals surface area contributed by atoms with Gasteiger partial charge in [0, 0.05) is 32.9 Å². The average molecular weight is 198 g/mol. The van der Waals surface area contributed by atoms with Gasteiger partial charge in [0.25, 0.3) is 0 Å². The van der Waals surface area contributed by atoms with Gasteiger partial charge in [0.2, 0.25) is 0 Å². The van der Waals surface area contributed by atoms with Crippen molar-refractivity contribution in [3.63, 3.8) is 0 Å². The molecule has 1 heterocycles. The predicted molar refractivity (Wildman–Crippen MR) is 53.9 cm³/mol. The third-order valence-corrected chi connectivity index (χ3v) is 1.83. The van der Waals surface area contributed by atoms with E-state index in [0.29, 0.717) is 0 Å². The van der Waals surface area contributed by atoms with Gasteiger partial charge in [0.1, 0.15) is 0 Å². The molecule has 0 saturated heterocycles. The van der Waals surface area contributed by atoms with E-state index in [0.717, 1.165) is 38.4 Å². The molecule has 5 nitrogen and oxygen atoms in total. The summed E-state index contributed by atoms with van der Waals surface area (Å²) in [5, 5.41) is 11.3. The van der Waals surface area contributed by atoms with Crippen LogP contribution in [-0.4, -0.2) is 35.3 Å². The predicted octanol–water partition coefficient (Wildman–Crippen LogP) is 0.424. The van der Waals surface area contributed by atoms with Crippen LogP contribution in [0.5, 0.6) is 0 Å². The van der Waals surface area contributed by atoms with Crippen LogP contribution in [-0.2, 0) is 17.8 Å². The number of nitrogens with one attached hydrogen (secondary N) is 1. The highest BCUT2D eigenvalue weighted by Crippen LogP contribution is 1.93. The van der Waals surface area contributed by atoms with E-state index in [1.54, 1.807) is 7.11 Å². The minimum atomic E-state index is 0.725. The van der Waals surface area contributed by atoms with Gasteiger partial charge in [-0.15, -0.1) is 5.10 Å². The third-order valence-electron chi connectivity index (χ3n) is 1.83. The largest absolute Gasteiger partial charge is 0.383 e. The van der Waals surface area contributed by atoms with Crippen LogP contribution in [0.2, 0.25) is 0 Å². The maximum absolute atomic E-state index is 4.92. The number of aromatic nitrogens is 3. The molecule has 0 aliphatic rings. The maximum atomic E-state index is 4.92. The van der Waals surface area contributed by atoms with Crippen LogP contribution in [0.15, 0.2) is 6.20 Å². The summed E-state index contributed by atoms with van der Waals surface area (Å²) in [6.45, 7) is 5.39. The van der Waals surface area contributed by atoms with Gasteiger partial charge >= 0.3 is 0 Å². The first kappa shape index (κ1) is 11.1. The van der Waals surface area contributed by atoms with Gasteiger partial charge in [-0.1, -0.05) is 12.1 Å². The molecule has 0 aliphatic carbocycles. The highest BCUT2D eigenvalue weighted by atomic mass is 16.5. The summed E-state index contributed by atoms with van der Waals surface area (Å²) < 4.78 is 6.79. The molecule has 0 amide bonds. The van der Waals surface area contributed by atoms with Crippen molar-refractivity contribution in [3.05, 3.63) is 11.9 Å². The zero-order valence-electron chi connectivity index (χ0n) is 8.86. The molecular weight excluding hydrogens is 180 g/mol. The lowest BCUT2D eigenvalue weighted by molar-refractivity contribution is 0.199. The molecular formula is C9H18N4O. The molecule has 5 heteroatoms. The molecule has 0 unspecified atom stereocenters. The van der Waals surface area contributed by atoms with Crippen molar-refractivity contribution >= 4 is 0 Å². The first-order valence-corrected chi connectivity index (χ1v) is 4.95. The summed E-state index contributed by atoms with van der Waals surface area (Å²) >= 11 is 0. The van der Waals surface area contributed by atoms with Gasteiger partial charge in [-0.25, -0.2) is 0 Å². The van der Waals surface area contributed by atoms with Crippen LogP contribution in [0.25, 0.3) is 0 Å². The van der Waals surface area contributed by atoms with Crippen LogP contribution in [0.3, 0.4) is 0 Å². The van der Waals surface area contributed by atoms with Crippen molar-refractivity contribution in [2.45, 2.75) is 26.4 Å². The van der Waals surface area contributed by atoms with E-state index >= 15 is 0 Å². The van der Waals surface area contributed by atoms with Crippen LogP contribution in [0.1, 0.15) is 19.0 Å². The van der Waals surface area contributed by atoms with Gasteiger partial charge in [-0.3, -0.25) is 4.68 Å². The molecule has 1 aromatic heterocycles. The lowest BCUT2D eigenvalue weighted by atomic mass is 10.4. The standard InChI is InChI=1S/C9H18N4O/c1-3-5-13-8-9(11-12-13)7-10-4-6-14-2/h8,10H,3-7H2,1-2H3. The van der Waals surface area contributed by atoms with Crippen molar-refractivity contribution in [1.29, 1.82) is 0 Å². The third kappa shape index (κ3) is 3.85. The summed E-state index contributed by atoms with van der Waals surface area (Å²) in [7, 11) is 1.69. The second-order valence-corrected chi connectivity index (χ2v) is 3.14. The SMILES string of the molecule is CCCn1cc(CNCCOC)nn1. The number of hydrogen-bond donors (Lipinski definition) is 1. The van der Waals surface area contributed by atoms with E-state index in [-0.39, 0.29) is 0 Å². The van der Waals surface area contributed by atoms with E-state index < -0.39 is 0 Å². The first-order chi connectivity index (χ1) is 6.86. The Balaban J connectivity index is 2.22. The Hall–Kier alpha value is -0.940. The van der Waals surface area contributed by atoms with E-state index in [1.165, 1.54) is 0 Å². The quantitative estimate of drug-likeness (QED) is 0.645. The Kier molecular flexibility index (Phi) is 5.17. The monoisotopic (exact) mass is 198 g/mol. The molecule has 1 N–H and O–H groups in total. The van der Waals surface area contributed by atoms with Crippen molar-refractivity contribution in [1.82, 2.24) is 20.3 Å². The van der Waals surface area contributed by atoms with Gasteiger partial charge in [0.05, 0.1) is 12.3 Å². The highest BCUT2D eigenvalue weighted by Gasteiger charge is 1.98. The molecule has 1 rings (SSSR count). The van der Waals surface area contributed by atoms with Gasteiger partial charge in [-0.2, -0.15) is 0 Å². The minimum absolute atomic E-state index is 0.725. The van der Waals surface area contributed by atoms with Gasteiger partial charge in [0.15, 0.2) is 0 Å². The summed E-state index contributed by atoms with van der Waals surface area (Å²) in [5.74, 6) is 0. The molecule has 80 valence electrons. The first-order valence-electron chi connectivity index (χ1n) is 4.95. The summed E-state index contributed by atoms with van der Waals surface area (Å²) in [5.41, 5.74) is 0.981. The second kappa shape index (κ2) is 6.50. The van der Waals surface area contributed by atoms with E-state index in [2.05, 4.69) is 22.6 Å². The smallest absolute Gasteiger partial charge is 0.0964 e. The van der Waals surface area contributed by atoms with E-state index in [4.69, 9.17) is 4.74 Å². The van der Waals surface area contributed by atoms with E-state index in [1.807, 2.05) is 10.9 Å². The van der Waals surface area contributed by atoms with Crippen LogP contribution in [0.4, 0.5) is 0 Å². The minimum Gasteiger partial charge on any atom is -0.383 e. The normalized spacial score (nSPS) is 10.7. The molecule has 0 bridgehead atoms. The lowest BCUT2D eigenvalue weighted by Gasteiger charge is -1.99. The summed E-state index contributed by atoms with van der Waals surface area (Å²) in [6.07, 6.45) is 3.06. The van der Waals surface area contributed by atoms with Crippen molar-refractivity contribution in [3.8, 4) is 0 Å². The zero-order chi connectivity index (χ0) is 10.2. The Morgan fingerprint density at radius 2 is 2.43 bits per heavy atom. The lowest BCUT2D eigenvalue weighted by Crippen LogP contribution is -2.18. The summed E-state index contributed by atoms with van der Waals surface area (Å²) in [4.78, 5) is 0. The maximum Gasteiger partial charge on any atom is 0.0964 e. The molecule has 14 heavy (non-hydrogen) atoms. The Morgan fingerprint density at radius 1 is 1.57 bits per heavy atom. The number of methoxy groups -OCH3 is 1. The molecule has 0 saturated carbocycles. The topological polar surface area (TPSA) is 52.0 Å². The molecule has 0 spiro atoms.